The molecule has 1 aliphatic rings. The molecular formula is C20H27ClIN5OS. The van der Waals surface area contributed by atoms with Crippen LogP contribution in [0.25, 0.3) is 0 Å². The molecule has 0 aliphatic carbocycles. The van der Waals surface area contributed by atoms with E-state index >= 15 is 0 Å². The quantitative estimate of drug-likeness (QED) is 0.331. The Morgan fingerprint density at radius 2 is 1.86 bits per heavy atom. The second kappa shape index (κ2) is 12.2. The maximum Gasteiger partial charge on any atom is 0.244 e. The van der Waals surface area contributed by atoms with E-state index in [0.717, 1.165) is 30.3 Å². The van der Waals surface area contributed by atoms with Crippen LogP contribution in [0.5, 0.6) is 0 Å². The number of piperazine rings is 1. The lowest BCUT2D eigenvalue weighted by atomic mass is 10.2. The summed E-state index contributed by atoms with van der Waals surface area (Å²) in [5, 5.41) is 9.25. The molecule has 1 aliphatic heterocycles. The van der Waals surface area contributed by atoms with Gasteiger partial charge in [-0.25, -0.2) is 4.99 Å². The minimum absolute atomic E-state index is 0. The highest BCUT2D eigenvalue weighted by molar-refractivity contribution is 14.0. The van der Waals surface area contributed by atoms with Crippen LogP contribution < -0.4 is 15.5 Å². The van der Waals surface area contributed by atoms with E-state index in [-0.39, 0.29) is 36.4 Å². The van der Waals surface area contributed by atoms with Gasteiger partial charge in [-0.1, -0.05) is 17.7 Å². The second-order valence-electron chi connectivity index (χ2n) is 6.47. The molecule has 1 aromatic heterocycles. The maximum atomic E-state index is 12.6. The lowest BCUT2D eigenvalue weighted by Gasteiger charge is -2.36. The summed E-state index contributed by atoms with van der Waals surface area (Å²) in [4.78, 5) is 22.4. The minimum atomic E-state index is 0. The van der Waals surface area contributed by atoms with Crippen molar-refractivity contribution in [2.24, 2.45) is 4.99 Å². The van der Waals surface area contributed by atoms with Gasteiger partial charge in [0.05, 0.1) is 6.54 Å². The first kappa shape index (κ1) is 23.8. The van der Waals surface area contributed by atoms with Gasteiger partial charge in [-0.2, -0.15) is 0 Å². The Hall–Kier alpha value is -1.52. The average Bonchev–Trinajstić information content (AvgIpc) is 3.24. The summed E-state index contributed by atoms with van der Waals surface area (Å²) in [5.74, 6) is 0.730. The number of amides is 1. The summed E-state index contributed by atoms with van der Waals surface area (Å²) < 4.78 is 0. The fourth-order valence-corrected chi connectivity index (χ4v) is 3.81. The average molecular weight is 548 g/mol. The number of rotatable bonds is 6. The Kier molecular flexibility index (Phi) is 10.0. The summed E-state index contributed by atoms with van der Waals surface area (Å²) in [7, 11) is 0. The third-order valence-corrected chi connectivity index (χ3v) is 5.68. The molecule has 0 saturated carbocycles. The van der Waals surface area contributed by atoms with Crippen LogP contribution in [0.3, 0.4) is 0 Å². The number of hydrogen-bond donors (Lipinski definition) is 2. The molecule has 9 heteroatoms. The van der Waals surface area contributed by atoms with E-state index < -0.39 is 0 Å². The van der Waals surface area contributed by atoms with E-state index in [1.54, 1.807) is 11.3 Å². The highest BCUT2D eigenvalue weighted by Gasteiger charge is 2.21. The first-order valence-corrected chi connectivity index (χ1v) is 10.7. The van der Waals surface area contributed by atoms with Crippen molar-refractivity contribution in [2.75, 3.05) is 44.2 Å². The Labute approximate surface area is 198 Å². The molecule has 1 saturated heterocycles. The minimum Gasteiger partial charge on any atom is -0.368 e. The van der Waals surface area contributed by atoms with Gasteiger partial charge in [-0.15, -0.1) is 35.3 Å². The first-order chi connectivity index (χ1) is 13.7. The number of nitrogens with zero attached hydrogens (tertiary/aromatic N) is 3. The Morgan fingerprint density at radius 3 is 2.48 bits per heavy atom. The standard InChI is InChI=1S/C20H26ClN5OS.HI/c1-2-22-20(23-14-18-4-3-13-28-18)24-15-19(27)26-11-9-25(10-12-26)17-7-5-16(21)6-8-17;/h3-8,13H,2,9-12,14-15H2,1H3,(H2,22,23,24);1H. The monoisotopic (exact) mass is 547 g/mol. The van der Waals surface area contributed by atoms with Crippen LogP contribution >= 0.6 is 46.9 Å². The SMILES string of the molecule is CCNC(=NCC(=O)N1CCN(c2ccc(Cl)cc2)CC1)NCc1cccs1.I. The molecule has 1 aromatic carbocycles. The molecule has 29 heavy (non-hydrogen) atoms. The number of guanidine groups is 1. The van der Waals surface area contributed by atoms with Crippen LogP contribution in [0.15, 0.2) is 46.8 Å². The smallest absolute Gasteiger partial charge is 0.244 e. The van der Waals surface area contributed by atoms with Crippen LogP contribution in [-0.2, 0) is 11.3 Å². The van der Waals surface area contributed by atoms with Crippen molar-refractivity contribution in [3.8, 4) is 0 Å². The van der Waals surface area contributed by atoms with Gasteiger partial charge in [-0.05, 0) is 42.6 Å². The van der Waals surface area contributed by atoms with E-state index in [2.05, 4.69) is 26.6 Å². The number of hydrogen-bond acceptors (Lipinski definition) is 4. The third kappa shape index (κ3) is 7.35. The van der Waals surface area contributed by atoms with Crippen LogP contribution in [0.4, 0.5) is 5.69 Å². The van der Waals surface area contributed by atoms with Crippen molar-refractivity contribution in [1.29, 1.82) is 0 Å². The summed E-state index contributed by atoms with van der Waals surface area (Å²) in [6.45, 7) is 6.66. The largest absolute Gasteiger partial charge is 0.368 e. The van der Waals surface area contributed by atoms with Crippen LogP contribution in [0.2, 0.25) is 5.02 Å². The first-order valence-electron chi connectivity index (χ1n) is 9.48. The van der Waals surface area contributed by atoms with E-state index in [1.807, 2.05) is 47.5 Å². The van der Waals surface area contributed by atoms with Gasteiger partial charge in [0.1, 0.15) is 6.54 Å². The number of nitrogens with one attached hydrogen (secondary N) is 2. The summed E-state index contributed by atoms with van der Waals surface area (Å²) in [6, 6.07) is 11.9. The zero-order chi connectivity index (χ0) is 19.8. The lowest BCUT2D eigenvalue weighted by molar-refractivity contribution is -0.129. The number of thiophene rings is 1. The molecule has 1 amide bonds. The number of anilines is 1. The topological polar surface area (TPSA) is 60.0 Å². The molecule has 0 unspecified atom stereocenters. The fourth-order valence-electron chi connectivity index (χ4n) is 3.04. The molecular weight excluding hydrogens is 521 g/mol. The number of halogens is 2. The van der Waals surface area contributed by atoms with Gasteiger partial charge in [0.15, 0.2) is 5.96 Å². The van der Waals surface area contributed by atoms with E-state index in [4.69, 9.17) is 11.6 Å². The molecule has 2 N–H and O–H groups in total. The lowest BCUT2D eigenvalue weighted by Crippen LogP contribution is -2.49. The molecule has 2 heterocycles. The van der Waals surface area contributed by atoms with Crippen molar-refractivity contribution in [3.63, 3.8) is 0 Å². The van der Waals surface area contributed by atoms with Crippen molar-refractivity contribution in [2.45, 2.75) is 13.5 Å². The zero-order valence-corrected chi connectivity index (χ0v) is 20.3. The molecule has 2 aromatic rings. The molecule has 1 fully saturated rings. The molecule has 3 rings (SSSR count). The van der Waals surface area contributed by atoms with Gasteiger partial charge >= 0.3 is 0 Å². The number of aliphatic imine (C=N–C) groups is 1. The van der Waals surface area contributed by atoms with Gasteiger partial charge in [0.2, 0.25) is 5.91 Å². The molecule has 158 valence electrons. The maximum absolute atomic E-state index is 12.6. The third-order valence-electron chi connectivity index (χ3n) is 4.55. The predicted octanol–water partition coefficient (Wildman–Crippen LogP) is 3.42. The number of carbonyl (C=O) groups excluding carboxylic acids is 1. The molecule has 0 radical (unpaired) electrons. The van der Waals surface area contributed by atoms with Crippen LogP contribution in [0, 0.1) is 0 Å². The molecule has 0 spiro atoms. The van der Waals surface area contributed by atoms with Gasteiger partial charge in [0, 0.05) is 48.3 Å². The normalized spacial score (nSPS) is 14.3. The highest BCUT2D eigenvalue weighted by Crippen LogP contribution is 2.19. The molecule has 0 bridgehead atoms. The zero-order valence-electron chi connectivity index (χ0n) is 16.4. The van der Waals surface area contributed by atoms with E-state index in [0.29, 0.717) is 25.6 Å². The van der Waals surface area contributed by atoms with Crippen LogP contribution in [-0.4, -0.2) is 56.0 Å². The van der Waals surface area contributed by atoms with Gasteiger partial charge in [-0.3, -0.25) is 4.79 Å². The van der Waals surface area contributed by atoms with E-state index in [1.165, 1.54) is 4.88 Å². The van der Waals surface area contributed by atoms with Crippen molar-refractivity contribution in [1.82, 2.24) is 15.5 Å². The second-order valence-corrected chi connectivity index (χ2v) is 7.94. The van der Waals surface area contributed by atoms with Crippen molar-refractivity contribution < 1.29 is 4.79 Å². The Balaban J connectivity index is 0.00000300. The van der Waals surface area contributed by atoms with Gasteiger partial charge < -0.3 is 20.4 Å². The molecule has 0 atom stereocenters. The molecule has 6 nitrogen and oxygen atoms in total. The van der Waals surface area contributed by atoms with Crippen LogP contribution in [0.1, 0.15) is 11.8 Å². The van der Waals surface area contributed by atoms with Gasteiger partial charge in [0.25, 0.3) is 0 Å². The van der Waals surface area contributed by atoms with E-state index in [9.17, 15) is 4.79 Å². The fraction of sp³-hybridized carbons (Fsp3) is 0.400. The summed E-state index contributed by atoms with van der Waals surface area (Å²) in [5.41, 5.74) is 1.14. The summed E-state index contributed by atoms with van der Waals surface area (Å²) >= 11 is 7.65. The van der Waals surface area contributed by atoms with Crippen molar-refractivity contribution >= 4 is 64.5 Å². The number of benzene rings is 1. The Morgan fingerprint density at radius 1 is 1.14 bits per heavy atom. The Bertz CT molecular complexity index is 777. The predicted molar refractivity (Wildman–Crippen MR) is 133 cm³/mol. The van der Waals surface area contributed by atoms with Crippen molar-refractivity contribution in [3.05, 3.63) is 51.7 Å². The number of carbonyl (C=O) groups is 1. The highest BCUT2D eigenvalue weighted by atomic mass is 127. The summed E-state index contributed by atoms with van der Waals surface area (Å²) in [6.07, 6.45) is 0.